The van der Waals surface area contributed by atoms with Gasteiger partial charge in [-0.05, 0) is 54.7 Å². The standard InChI is InChI=1S/C69H130N12O22/c1-9-57-12-13-60(76-65(83)62(11-10-16-75-68(72)86)77-66(84)64(56(2)3)78-63(82)14-19-89-20-15-69(4,5)6)51-61(57)67(85)79(52-58(70)54-80(73)17-21-90-27-29-94-35-37-98-43-45-102-49-47-100-41-39-96-33-31-92-25-23-87-7)53-59(71)55-81(74)18-22-91-28-30-95-36-38-99-44-46-103-50-48-101-42-40-97-34-32-93-26-24-88-8/h12-13,51,54-56,62,64H,9-11,14-50,52-53,70-71,73-74H2,1-8H3,(H,76,83)(H,77,84)(H,78,82)(H3,72,75,86)/b58-54-,59-55-/t62-,64-/m0/s1. The molecular formula is C69H130N12O22. The molecule has 0 saturated heterocycles. The predicted octanol–water partition coefficient (Wildman–Crippen LogP) is 1.02. The fraction of sp³-hybridized carbons (Fsp3) is 0.783. The maximum absolute atomic E-state index is 14.9. The summed E-state index contributed by atoms with van der Waals surface area (Å²) in [5.41, 5.74) is 20.1. The summed E-state index contributed by atoms with van der Waals surface area (Å²) in [4.78, 5) is 69.2. The number of benzene rings is 1. The van der Waals surface area contributed by atoms with Gasteiger partial charge in [-0.25, -0.2) is 16.5 Å². The maximum atomic E-state index is 14.9. The van der Waals surface area contributed by atoms with E-state index in [1.54, 1.807) is 40.2 Å². The van der Waals surface area contributed by atoms with E-state index in [2.05, 4.69) is 42.0 Å². The van der Waals surface area contributed by atoms with Gasteiger partial charge in [0.2, 0.25) is 17.7 Å². The second-order valence-corrected chi connectivity index (χ2v) is 24.8. The number of nitrogens with two attached hydrogens (primary N) is 5. The third-order valence-corrected chi connectivity index (χ3v) is 14.3. The quantitative estimate of drug-likeness (QED) is 0.0250. The number of nitrogens with one attached hydrogen (secondary N) is 4. The van der Waals surface area contributed by atoms with Crippen molar-refractivity contribution in [1.29, 1.82) is 0 Å². The molecule has 0 heterocycles. The summed E-state index contributed by atoms with van der Waals surface area (Å²) < 4.78 is 93.1. The highest BCUT2D eigenvalue weighted by Crippen LogP contribution is 2.21. The lowest BCUT2D eigenvalue weighted by atomic mass is 9.93. The molecule has 103 heavy (non-hydrogen) atoms. The molecule has 6 amide bonds. The molecule has 0 aromatic heterocycles. The van der Waals surface area contributed by atoms with Crippen LogP contribution in [-0.4, -0.2) is 315 Å². The van der Waals surface area contributed by atoms with Gasteiger partial charge in [-0.2, -0.15) is 0 Å². The Morgan fingerprint density at radius 2 is 0.864 bits per heavy atom. The third-order valence-electron chi connectivity index (χ3n) is 14.3. The van der Waals surface area contributed by atoms with Crippen LogP contribution >= 0.6 is 0 Å². The molecule has 0 aliphatic carbocycles. The first-order valence-electron chi connectivity index (χ1n) is 35.7. The lowest BCUT2D eigenvalue weighted by molar-refractivity contribution is -0.132. The zero-order chi connectivity index (χ0) is 75.8. The lowest BCUT2D eigenvalue weighted by Crippen LogP contribution is -2.54. The molecule has 0 saturated carbocycles. The summed E-state index contributed by atoms with van der Waals surface area (Å²) in [5.74, 6) is 10.2. The summed E-state index contributed by atoms with van der Waals surface area (Å²) >= 11 is 0. The average Bonchev–Trinajstić information content (AvgIpc) is 0.820. The number of urea groups is 1. The van der Waals surface area contributed by atoms with Crippen LogP contribution in [0.25, 0.3) is 0 Å². The number of anilines is 1. The van der Waals surface area contributed by atoms with E-state index >= 15 is 0 Å². The topological polar surface area (TPSA) is 430 Å². The lowest BCUT2D eigenvalue weighted by Gasteiger charge is -2.27. The van der Waals surface area contributed by atoms with E-state index in [0.29, 0.717) is 204 Å². The fourth-order valence-corrected chi connectivity index (χ4v) is 8.78. The zero-order valence-electron chi connectivity index (χ0n) is 63.0. The number of rotatable bonds is 71. The van der Waals surface area contributed by atoms with Crippen LogP contribution in [0.15, 0.2) is 42.0 Å². The molecule has 0 unspecified atom stereocenters. The minimum absolute atomic E-state index is 0.0296. The Hall–Kier alpha value is -5.71. The smallest absolute Gasteiger partial charge is 0.312 e. The van der Waals surface area contributed by atoms with Crippen molar-refractivity contribution in [3.63, 3.8) is 0 Å². The highest BCUT2D eigenvalue weighted by molar-refractivity contribution is 6.01. The Balaban J connectivity index is 2.99. The van der Waals surface area contributed by atoms with E-state index in [9.17, 15) is 24.0 Å². The van der Waals surface area contributed by atoms with Crippen molar-refractivity contribution in [1.82, 2.24) is 30.9 Å². The molecule has 0 bridgehead atoms. The monoisotopic (exact) mass is 1480 g/mol. The third kappa shape index (κ3) is 56.3. The van der Waals surface area contributed by atoms with Gasteiger partial charge in [0.1, 0.15) is 12.1 Å². The average molecular weight is 1480 g/mol. The second kappa shape index (κ2) is 64.7. The van der Waals surface area contributed by atoms with Crippen LogP contribution in [0.5, 0.6) is 0 Å². The van der Waals surface area contributed by atoms with Gasteiger partial charge in [-0.3, -0.25) is 19.2 Å². The molecule has 598 valence electrons. The highest BCUT2D eigenvalue weighted by atomic mass is 16.6. The number of hydrogen-bond acceptors (Lipinski definition) is 28. The van der Waals surface area contributed by atoms with E-state index in [1.807, 2.05) is 6.92 Å². The normalized spacial score (nSPS) is 12.6. The molecule has 1 aromatic carbocycles. The number of carbonyl (C=O) groups excluding carboxylic acids is 5. The minimum Gasteiger partial charge on any atom is -0.399 e. The molecule has 0 aliphatic heterocycles. The number of carbonyl (C=O) groups is 5. The largest absolute Gasteiger partial charge is 0.399 e. The van der Waals surface area contributed by atoms with Crippen molar-refractivity contribution in [3.8, 4) is 0 Å². The molecule has 1 rings (SSSR count). The molecule has 2 atom stereocenters. The number of hydrazine groups is 2. The van der Waals surface area contributed by atoms with Gasteiger partial charge in [0, 0.05) is 68.8 Å². The predicted molar refractivity (Wildman–Crippen MR) is 387 cm³/mol. The van der Waals surface area contributed by atoms with Gasteiger partial charge in [-0.15, -0.1) is 0 Å². The molecule has 34 heteroatoms. The molecule has 34 nitrogen and oxygen atoms in total. The van der Waals surface area contributed by atoms with E-state index in [-0.39, 0.29) is 106 Å². The van der Waals surface area contributed by atoms with Crippen molar-refractivity contribution in [3.05, 3.63) is 53.1 Å². The number of amides is 6. The van der Waals surface area contributed by atoms with Gasteiger partial charge in [0.15, 0.2) is 0 Å². The van der Waals surface area contributed by atoms with Gasteiger partial charge in [-0.1, -0.05) is 47.6 Å². The first-order chi connectivity index (χ1) is 49.7. The molecule has 1 aromatic rings. The molecule has 14 N–H and O–H groups in total. The first kappa shape index (κ1) is 95.3. The fourth-order valence-electron chi connectivity index (χ4n) is 8.78. The van der Waals surface area contributed by atoms with E-state index in [4.69, 9.17) is 109 Å². The number of ether oxygens (including phenoxy) is 17. The summed E-state index contributed by atoms with van der Waals surface area (Å²) in [6, 6.07) is 1.98. The van der Waals surface area contributed by atoms with Gasteiger partial charge >= 0.3 is 6.03 Å². The van der Waals surface area contributed by atoms with Crippen molar-refractivity contribution in [2.24, 2.45) is 40.2 Å². The van der Waals surface area contributed by atoms with E-state index < -0.39 is 41.7 Å². The highest BCUT2D eigenvalue weighted by Gasteiger charge is 2.30. The van der Waals surface area contributed by atoms with Crippen molar-refractivity contribution in [2.75, 3.05) is 264 Å². The molecular weight excluding hydrogens is 1350 g/mol. The van der Waals surface area contributed by atoms with Crippen LogP contribution in [0.4, 0.5) is 10.5 Å². The van der Waals surface area contributed by atoms with Crippen molar-refractivity contribution < 1.29 is 104 Å². The molecule has 0 fully saturated rings. The number of aryl methyl sites for hydroxylation is 1. The summed E-state index contributed by atoms with van der Waals surface area (Å²) in [6.45, 7) is 25.4. The SMILES string of the molecule is CCc1ccc(NC(=O)[C@H](CCCNC(N)=O)NC(=O)[C@@H](NC(=O)CCOCCC(C)(C)C)C(C)C)cc1C(=O)N(C/C(N)=C/N(N)CCOCCOCCOCCOCCOCCOCCOCCOC)C/C(N)=C/N(N)CCOCCOCCOCCOCCOCCOCCOCCOC. The van der Waals surface area contributed by atoms with Gasteiger partial charge in [0.05, 0.1) is 231 Å². The zero-order valence-corrected chi connectivity index (χ0v) is 63.0. The summed E-state index contributed by atoms with van der Waals surface area (Å²) in [7, 11) is 3.25. The molecule has 0 aliphatic rings. The van der Waals surface area contributed by atoms with E-state index in [0.717, 1.165) is 6.42 Å². The summed E-state index contributed by atoms with van der Waals surface area (Å²) in [6.07, 6.45) is 4.54. The van der Waals surface area contributed by atoms with Crippen molar-refractivity contribution >= 4 is 35.3 Å². The van der Waals surface area contributed by atoms with Crippen LogP contribution in [0.3, 0.4) is 0 Å². The number of nitrogens with zero attached hydrogens (tertiary/aromatic N) is 3. The first-order valence-corrected chi connectivity index (χ1v) is 35.7. The van der Waals surface area contributed by atoms with Crippen LogP contribution in [-0.2, 0) is 101 Å². The number of hydrogen-bond donors (Lipinski definition) is 9. The number of primary amides is 1. The Kier molecular flexibility index (Phi) is 59.8. The van der Waals surface area contributed by atoms with Crippen LogP contribution in [0.1, 0.15) is 83.1 Å². The summed E-state index contributed by atoms with van der Waals surface area (Å²) in [5, 5.41) is 13.6. The van der Waals surface area contributed by atoms with Gasteiger partial charge < -0.3 is 134 Å². The minimum atomic E-state index is -1.16. The molecule has 0 radical (unpaired) electrons. The second-order valence-electron chi connectivity index (χ2n) is 24.8. The van der Waals surface area contributed by atoms with Crippen LogP contribution in [0, 0.1) is 11.3 Å². The van der Waals surface area contributed by atoms with E-state index in [1.165, 1.54) is 33.4 Å². The van der Waals surface area contributed by atoms with Crippen molar-refractivity contribution in [2.45, 2.75) is 85.7 Å². The maximum Gasteiger partial charge on any atom is 0.312 e. The Morgan fingerprint density at radius 3 is 1.21 bits per heavy atom. The van der Waals surface area contributed by atoms with Crippen LogP contribution in [0.2, 0.25) is 0 Å². The number of methoxy groups -OCH3 is 2. The Morgan fingerprint density at radius 1 is 0.495 bits per heavy atom. The molecule has 0 spiro atoms. The van der Waals surface area contributed by atoms with Crippen LogP contribution < -0.4 is 50.2 Å². The Bertz CT molecular complexity index is 2290. The van der Waals surface area contributed by atoms with Gasteiger partial charge in [0.25, 0.3) is 5.91 Å². The Labute approximate surface area is 611 Å².